The van der Waals surface area contributed by atoms with Gasteiger partial charge >= 0.3 is 0 Å². The fourth-order valence-electron chi connectivity index (χ4n) is 3.23. The minimum Gasteiger partial charge on any atom is -0.357 e. The minimum atomic E-state index is 0.0983. The standard InChI is InChI=1S/C17H31N5O2/c1-3-15(23)22-11-8-14(13-22)20-17(18-4-2)19-12-16(24)21-9-6-5-7-10-21/h14H,3-13H2,1-2H3,(H2,18,19,20). The number of guanidine groups is 1. The van der Waals surface area contributed by atoms with Crippen molar-refractivity contribution in [1.29, 1.82) is 0 Å². The lowest BCUT2D eigenvalue weighted by Gasteiger charge is -2.26. The van der Waals surface area contributed by atoms with Gasteiger partial charge < -0.3 is 20.4 Å². The largest absolute Gasteiger partial charge is 0.357 e. The molecule has 0 saturated carbocycles. The minimum absolute atomic E-state index is 0.0983. The second-order valence-electron chi connectivity index (χ2n) is 6.46. The SMILES string of the molecule is CCNC(=NCC(=O)N1CCCCC1)NC1CCN(C(=O)CC)C1. The molecule has 1 unspecified atom stereocenters. The van der Waals surface area contributed by atoms with Crippen molar-refractivity contribution in [3.05, 3.63) is 0 Å². The molecular weight excluding hydrogens is 306 g/mol. The maximum Gasteiger partial charge on any atom is 0.244 e. The van der Waals surface area contributed by atoms with E-state index in [0.29, 0.717) is 18.9 Å². The van der Waals surface area contributed by atoms with Gasteiger partial charge in [-0.3, -0.25) is 9.59 Å². The van der Waals surface area contributed by atoms with Gasteiger partial charge in [0.05, 0.1) is 0 Å². The Hall–Kier alpha value is -1.79. The molecule has 2 rings (SSSR count). The molecule has 2 fully saturated rings. The highest BCUT2D eigenvalue weighted by molar-refractivity contribution is 5.85. The topological polar surface area (TPSA) is 77.0 Å². The van der Waals surface area contributed by atoms with Gasteiger partial charge in [-0.25, -0.2) is 4.99 Å². The quantitative estimate of drug-likeness (QED) is 0.568. The fraction of sp³-hybridized carbons (Fsp3) is 0.824. The molecule has 2 aliphatic rings. The van der Waals surface area contributed by atoms with Crippen LogP contribution in [-0.4, -0.2) is 72.9 Å². The van der Waals surface area contributed by atoms with Crippen LogP contribution in [0.4, 0.5) is 0 Å². The van der Waals surface area contributed by atoms with E-state index >= 15 is 0 Å². The molecule has 0 radical (unpaired) electrons. The molecule has 24 heavy (non-hydrogen) atoms. The lowest BCUT2D eigenvalue weighted by Crippen LogP contribution is -2.45. The normalized spacial score (nSPS) is 21.8. The van der Waals surface area contributed by atoms with E-state index in [2.05, 4.69) is 15.6 Å². The van der Waals surface area contributed by atoms with Gasteiger partial charge in [0.25, 0.3) is 0 Å². The molecule has 7 nitrogen and oxygen atoms in total. The Labute approximate surface area is 144 Å². The van der Waals surface area contributed by atoms with Crippen molar-refractivity contribution in [3.8, 4) is 0 Å². The van der Waals surface area contributed by atoms with Crippen molar-refractivity contribution >= 4 is 17.8 Å². The Kier molecular flexibility index (Phi) is 7.34. The van der Waals surface area contributed by atoms with E-state index in [1.54, 1.807) is 0 Å². The van der Waals surface area contributed by atoms with Gasteiger partial charge in [0.2, 0.25) is 11.8 Å². The van der Waals surface area contributed by atoms with Gasteiger partial charge in [0.15, 0.2) is 5.96 Å². The Morgan fingerprint density at radius 1 is 1.04 bits per heavy atom. The van der Waals surface area contributed by atoms with Crippen LogP contribution in [0.2, 0.25) is 0 Å². The third kappa shape index (κ3) is 5.39. The van der Waals surface area contributed by atoms with Gasteiger partial charge in [0, 0.05) is 45.2 Å². The Morgan fingerprint density at radius 3 is 2.46 bits per heavy atom. The van der Waals surface area contributed by atoms with Crippen LogP contribution >= 0.6 is 0 Å². The van der Waals surface area contributed by atoms with Crippen molar-refractivity contribution in [3.63, 3.8) is 0 Å². The fourth-order valence-corrected chi connectivity index (χ4v) is 3.23. The van der Waals surface area contributed by atoms with Gasteiger partial charge in [-0.15, -0.1) is 0 Å². The molecule has 2 saturated heterocycles. The number of nitrogens with zero attached hydrogens (tertiary/aromatic N) is 3. The number of carbonyl (C=O) groups is 2. The Morgan fingerprint density at radius 2 is 1.79 bits per heavy atom. The number of nitrogens with one attached hydrogen (secondary N) is 2. The van der Waals surface area contributed by atoms with Crippen LogP contribution in [-0.2, 0) is 9.59 Å². The van der Waals surface area contributed by atoms with Crippen molar-refractivity contribution in [2.75, 3.05) is 39.3 Å². The highest BCUT2D eigenvalue weighted by Crippen LogP contribution is 2.11. The molecule has 0 aromatic heterocycles. The lowest BCUT2D eigenvalue weighted by molar-refractivity contribution is -0.130. The van der Waals surface area contributed by atoms with Gasteiger partial charge in [-0.05, 0) is 32.6 Å². The van der Waals surface area contributed by atoms with E-state index < -0.39 is 0 Å². The number of aliphatic imine (C=N–C) groups is 1. The molecule has 0 aromatic rings. The van der Waals surface area contributed by atoms with Crippen LogP contribution < -0.4 is 10.6 Å². The number of carbonyl (C=O) groups excluding carboxylic acids is 2. The average Bonchev–Trinajstić information content (AvgIpc) is 3.08. The molecule has 0 aliphatic carbocycles. The molecule has 2 aliphatic heterocycles. The second kappa shape index (κ2) is 9.49. The maximum absolute atomic E-state index is 12.2. The van der Waals surface area contributed by atoms with Crippen molar-refractivity contribution in [2.45, 2.75) is 52.0 Å². The first kappa shape index (κ1) is 18.5. The predicted octanol–water partition coefficient (Wildman–Crippen LogP) is 0.565. The number of likely N-dealkylation sites (tertiary alicyclic amines) is 2. The summed E-state index contributed by atoms with van der Waals surface area (Å²) in [6.07, 6.45) is 4.86. The highest BCUT2D eigenvalue weighted by atomic mass is 16.2. The molecular formula is C17H31N5O2. The van der Waals surface area contributed by atoms with Crippen molar-refractivity contribution in [1.82, 2.24) is 20.4 Å². The Balaban J connectivity index is 1.84. The summed E-state index contributed by atoms with van der Waals surface area (Å²) in [7, 11) is 0. The number of hydrogen-bond donors (Lipinski definition) is 2. The van der Waals surface area contributed by atoms with Crippen LogP contribution in [0, 0.1) is 0 Å². The zero-order chi connectivity index (χ0) is 17.4. The summed E-state index contributed by atoms with van der Waals surface area (Å²) in [6.45, 7) is 8.03. The summed E-state index contributed by atoms with van der Waals surface area (Å²) in [6, 6.07) is 0.198. The number of amides is 2. The summed E-state index contributed by atoms with van der Waals surface area (Å²) in [4.78, 5) is 32.2. The monoisotopic (exact) mass is 337 g/mol. The molecule has 2 N–H and O–H groups in total. The number of hydrogen-bond acceptors (Lipinski definition) is 3. The van der Waals surface area contributed by atoms with E-state index in [1.165, 1.54) is 6.42 Å². The summed E-state index contributed by atoms with van der Waals surface area (Å²) in [5.74, 6) is 0.960. The van der Waals surface area contributed by atoms with E-state index in [-0.39, 0.29) is 24.4 Å². The molecule has 0 aromatic carbocycles. The first-order valence-electron chi connectivity index (χ1n) is 9.24. The first-order valence-corrected chi connectivity index (χ1v) is 9.24. The van der Waals surface area contributed by atoms with Gasteiger partial charge in [-0.2, -0.15) is 0 Å². The van der Waals surface area contributed by atoms with E-state index in [4.69, 9.17) is 0 Å². The average molecular weight is 337 g/mol. The van der Waals surface area contributed by atoms with Crippen molar-refractivity contribution in [2.24, 2.45) is 4.99 Å². The van der Waals surface area contributed by atoms with Crippen molar-refractivity contribution < 1.29 is 9.59 Å². The van der Waals surface area contributed by atoms with E-state index in [1.807, 2.05) is 23.6 Å². The highest BCUT2D eigenvalue weighted by Gasteiger charge is 2.26. The first-order chi connectivity index (χ1) is 11.6. The maximum atomic E-state index is 12.2. The number of rotatable bonds is 5. The molecule has 1 atom stereocenters. The van der Waals surface area contributed by atoms with Gasteiger partial charge in [0.1, 0.15) is 6.54 Å². The molecule has 136 valence electrons. The second-order valence-corrected chi connectivity index (χ2v) is 6.46. The smallest absolute Gasteiger partial charge is 0.244 e. The zero-order valence-electron chi connectivity index (χ0n) is 15.0. The predicted molar refractivity (Wildman–Crippen MR) is 94.8 cm³/mol. The Bertz CT molecular complexity index is 460. The third-order valence-electron chi connectivity index (χ3n) is 4.61. The van der Waals surface area contributed by atoms with E-state index in [0.717, 1.165) is 45.4 Å². The molecule has 2 heterocycles. The van der Waals surface area contributed by atoms with Crippen LogP contribution in [0.1, 0.15) is 46.0 Å². The molecule has 7 heteroatoms. The van der Waals surface area contributed by atoms with Crippen LogP contribution in [0.25, 0.3) is 0 Å². The summed E-state index contributed by atoms with van der Waals surface area (Å²) >= 11 is 0. The van der Waals surface area contributed by atoms with Crippen LogP contribution in [0.3, 0.4) is 0 Å². The zero-order valence-corrected chi connectivity index (χ0v) is 15.0. The summed E-state index contributed by atoms with van der Waals surface area (Å²) in [5.41, 5.74) is 0. The summed E-state index contributed by atoms with van der Waals surface area (Å²) < 4.78 is 0. The van der Waals surface area contributed by atoms with Crippen LogP contribution in [0.15, 0.2) is 4.99 Å². The summed E-state index contributed by atoms with van der Waals surface area (Å²) in [5, 5.41) is 6.55. The van der Waals surface area contributed by atoms with Crippen LogP contribution in [0.5, 0.6) is 0 Å². The third-order valence-corrected chi connectivity index (χ3v) is 4.61. The van der Waals surface area contributed by atoms with Gasteiger partial charge in [-0.1, -0.05) is 6.92 Å². The lowest BCUT2D eigenvalue weighted by atomic mass is 10.1. The molecule has 2 amide bonds. The molecule has 0 bridgehead atoms. The molecule has 0 spiro atoms. The number of piperidine rings is 1. The van der Waals surface area contributed by atoms with E-state index in [9.17, 15) is 9.59 Å².